The average Bonchev–Trinajstić information content (AvgIpc) is 3.11. The molecule has 3 rings (SSSR count). The molecule has 0 radical (unpaired) electrons. The first-order valence-corrected chi connectivity index (χ1v) is 13.0. The summed E-state index contributed by atoms with van der Waals surface area (Å²) in [5.41, 5.74) is 2.67. The first kappa shape index (κ1) is 28.1. The number of carbonyl (C=O) groups excluding carboxylic acids is 2. The number of rotatable bonds is 1. The maximum Gasteiger partial charge on any atom is 0.309 e. The number of imidazole rings is 1. The topological polar surface area (TPSA) is 102 Å². The molecule has 0 spiro atoms. The number of Topliss-reactive ketones (excluding diaryl/α,β-unsaturated/α-hetero) is 1. The molecule has 1 aliphatic rings. The summed E-state index contributed by atoms with van der Waals surface area (Å²) in [6, 6.07) is 5.90. The van der Waals surface area contributed by atoms with Crippen molar-refractivity contribution >= 4 is 22.8 Å². The van der Waals surface area contributed by atoms with E-state index in [9.17, 15) is 19.8 Å². The van der Waals surface area contributed by atoms with Crippen molar-refractivity contribution in [3.8, 4) is 0 Å². The summed E-state index contributed by atoms with van der Waals surface area (Å²) in [4.78, 5) is 30.8. The SMILES string of the molecule is C/C1=C/CC(c2ccc3c(c2)nc(C)n3C)OC(=O)C[C@H](O)C(C)(C)C(=O)[C@H](C)[C@@H](O)[C@@H](C)CCC1. The van der Waals surface area contributed by atoms with Crippen molar-refractivity contribution in [1.29, 1.82) is 0 Å². The highest BCUT2D eigenvalue weighted by Crippen LogP contribution is 2.33. The van der Waals surface area contributed by atoms with Gasteiger partial charge in [0.15, 0.2) is 0 Å². The highest BCUT2D eigenvalue weighted by Gasteiger charge is 2.42. The van der Waals surface area contributed by atoms with Gasteiger partial charge < -0.3 is 19.5 Å². The number of aliphatic hydroxyl groups excluding tert-OH is 2. The van der Waals surface area contributed by atoms with Gasteiger partial charge in [-0.05, 0) is 56.7 Å². The highest BCUT2D eigenvalue weighted by atomic mass is 16.5. The van der Waals surface area contributed by atoms with Crippen LogP contribution in [-0.2, 0) is 21.4 Å². The number of cyclic esters (lactones) is 1. The van der Waals surface area contributed by atoms with Gasteiger partial charge in [-0.15, -0.1) is 0 Å². The summed E-state index contributed by atoms with van der Waals surface area (Å²) in [5.74, 6) is -0.616. The van der Waals surface area contributed by atoms with Crippen LogP contribution < -0.4 is 0 Å². The van der Waals surface area contributed by atoms with Gasteiger partial charge in [-0.1, -0.05) is 45.4 Å². The van der Waals surface area contributed by atoms with Crippen LogP contribution in [-0.4, -0.2) is 43.7 Å². The van der Waals surface area contributed by atoms with Gasteiger partial charge in [-0.3, -0.25) is 9.59 Å². The van der Waals surface area contributed by atoms with Crippen molar-refractivity contribution in [2.45, 2.75) is 92.0 Å². The van der Waals surface area contributed by atoms with Gasteiger partial charge in [0.1, 0.15) is 17.7 Å². The predicted molar refractivity (Wildman–Crippen MR) is 140 cm³/mol. The molecule has 1 aromatic heterocycles. The quantitative estimate of drug-likeness (QED) is 0.425. The Kier molecular flexibility index (Phi) is 8.78. The molecule has 0 fully saturated rings. The van der Waals surface area contributed by atoms with Crippen LogP contribution in [0.2, 0.25) is 0 Å². The lowest BCUT2D eigenvalue weighted by molar-refractivity contribution is -0.155. The van der Waals surface area contributed by atoms with E-state index in [1.165, 1.54) is 5.57 Å². The lowest BCUT2D eigenvalue weighted by Crippen LogP contribution is -2.45. The molecule has 7 heteroatoms. The number of nitrogens with zero attached hydrogens (tertiary/aromatic N) is 2. The Hall–Kier alpha value is -2.51. The molecule has 0 saturated heterocycles. The fraction of sp³-hybridized carbons (Fsp3) is 0.621. The van der Waals surface area contributed by atoms with Gasteiger partial charge in [0.05, 0.1) is 35.1 Å². The minimum Gasteiger partial charge on any atom is -0.457 e. The summed E-state index contributed by atoms with van der Waals surface area (Å²) in [6.07, 6.45) is 2.28. The Morgan fingerprint density at radius 3 is 2.53 bits per heavy atom. The Morgan fingerprint density at radius 2 is 1.83 bits per heavy atom. The van der Waals surface area contributed by atoms with E-state index in [1.54, 1.807) is 20.8 Å². The van der Waals surface area contributed by atoms with Crippen LogP contribution in [0.3, 0.4) is 0 Å². The molecule has 2 aromatic rings. The van der Waals surface area contributed by atoms with E-state index in [2.05, 4.69) is 18.0 Å². The fourth-order valence-corrected chi connectivity index (χ4v) is 5.09. The van der Waals surface area contributed by atoms with Crippen molar-refractivity contribution in [3.05, 3.63) is 41.2 Å². The largest absolute Gasteiger partial charge is 0.457 e. The molecule has 0 saturated carbocycles. The van der Waals surface area contributed by atoms with Crippen molar-refractivity contribution in [2.75, 3.05) is 0 Å². The van der Waals surface area contributed by atoms with Crippen molar-refractivity contribution in [2.24, 2.45) is 24.3 Å². The third kappa shape index (κ3) is 6.06. The van der Waals surface area contributed by atoms with E-state index in [1.807, 2.05) is 43.7 Å². The third-order valence-corrected chi connectivity index (χ3v) is 8.02. The summed E-state index contributed by atoms with van der Waals surface area (Å²) in [6.45, 7) is 10.9. The van der Waals surface area contributed by atoms with Gasteiger partial charge in [-0.25, -0.2) is 4.98 Å². The number of aryl methyl sites for hydroxylation is 2. The first-order valence-electron chi connectivity index (χ1n) is 13.0. The highest BCUT2D eigenvalue weighted by molar-refractivity contribution is 5.88. The van der Waals surface area contributed by atoms with Gasteiger partial charge >= 0.3 is 5.97 Å². The molecule has 5 atom stereocenters. The normalized spacial score (nSPS) is 30.6. The fourth-order valence-electron chi connectivity index (χ4n) is 5.09. The maximum absolute atomic E-state index is 13.2. The number of esters is 1. The first-order chi connectivity index (χ1) is 16.8. The molecule has 0 aliphatic carbocycles. The average molecular weight is 499 g/mol. The number of aliphatic hydroxyl groups is 2. The zero-order valence-electron chi connectivity index (χ0n) is 22.7. The molecule has 2 N–H and O–H groups in total. The Labute approximate surface area is 214 Å². The van der Waals surface area contributed by atoms with Crippen molar-refractivity contribution in [3.63, 3.8) is 0 Å². The molecule has 0 bridgehead atoms. The van der Waals surface area contributed by atoms with Gasteiger partial charge in [0.25, 0.3) is 0 Å². The number of ether oxygens (including phenoxy) is 1. The van der Waals surface area contributed by atoms with E-state index in [4.69, 9.17) is 4.74 Å². The molecule has 36 heavy (non-hydrogen) atoms. The lowest BCUT2D eigenvalue weighted by Gasteiger charge is -2.34. The smallest absolute Gasteiger partial charge is 0.309 e. The maximum atomic E-state index is 13.2. The molecule has 198 valence electrons. The predicted octanol–water partition coefficient (Wildman–Crippen LogP) is 4.97. The van der Waals surface area contributed by atoms with Crippen LogP contribution in [0.4, 0.5) is 0 Å². The summed E-state index contributed by atoms with van der Waals surface area (Å²) in [5, 5.41) is 21.7. The van der Waals surface area contributed by atoms with Crippen molar-refractivity contribution in [1.82, 2.24) is 9.55 Å². The van der Waals surface area contributed by atoms with Crippen LogP contribution >= 0.6 is 0 Å². The number of aromatic nitrogens is 2. The zero-order chi connectivity index (χ0) is 26.8. The van der Waals surface area contributed by atoms with E-state index >= 15 is 0 Å². The van der Waals surface area contributed by atoms with Gasteiger partial charge in [0, 0.05) is 19.4 Å². The van der Waals surface area contributed by atoms with Crippen LogP contribution in [0.15, 0.2) is 29.8 Å². The van der Waals surface area contributed by atoms with Gasteiger partial charge in [0.2, 0.25) is 0 Å². The van der Waals surface area contributed by atoms with Crippen LogP contribution in [0.1, 0.15) is 84.2 Å². The zero-order valence-corrected chi connectivity index (χ0v) is 22.7. The van der Waals surface area contributed by atoms with Crippen molar-refractivity contribution < 1.29 is 24.5 Å². The molecule has 1 aliphatic heterocycles. The number of allylic oxidation sites excluding steroid dienone is 1. The van der Waals surface area contributed by atoms with E-state index in [0.29, 0.717) is 6.42 Å². The van der Waals surface area contributed by atoms with E-state index in [-0.39, 0.29) is 18.1 Å². The molecule has 1 aromatic carbocycles. The lowest BCUT2D eigenvalue weighted by atomic mass is 9.73. The molecular weight excluding hydrogens is 456 g/mol. The third-order valence-electron chi connectivity index (χ3n) is 8.02. The standard InChI is InChI=1S/C29H42N2O5/c1-17-9-8-10-18(2)27(34)19(3)28(35)29(5,6)25(32)16-26(33)36-24(14-11-17)21-12-13-23-22(15-21)30-20(4)31(23)7/h11-13,15,18-19,24-25,27,32,34H,8-10,14,16H2,1-7H3/b17-11-/t18-,19+,24?,25-,27-/m0/s1. The van der Waals surface area contributed by atoms with Crippen LogP contribution in [0.25, 0.3) is 11.0 Å². The number of hydrogen-bond acceptors (Lipinski definition) is 6. The van der Waals surface area contributed by atoms with Crippen LogP contribution in [0, 0.1) is 24.2 Å². The minimum atomic E-state index is -1.23. The number of carbonyl (C=O) groups is 2. The van der Waals surface area contributed by atoms with Crippen LogP contribution in [0.5, 0.6) is 0 Å². The number of hydrogen-bond donors (Lipinski definition) is 2. The summed E-state index contributed by atoms with van der Waals surface area (Å²) < 4.78 is 7.91. The molecule has 1 unspecified atom stereocenters. The second-order valence-corrected chi connectivity index (χ2v) is 11.2. The molecule has 7 nitrogen and oxygen atoms in total. The Morgan fingerprint density at radius 1 is 1.14 bits per heavy atom. The molecular formula is C29H42N2O5. The second-order valence-electron chi connectivity index (χ2n) is 11.2. The summed E-state index contributed by atoms with van der Waals surface area (Å²) in [7, 11) is 1.97. The number of ketones is 1. The summed E-state index contributed by atoms with van der Waals surface area (Å²) >= 11 is 0. The Bertz CT molecular complexity index is 1130. The molecule has 0 amide bonds. The van der Waals surface area contributed by atoms with E-state index < -0.39 is 35.6 Å². The number of fused-ring (bicyclic) bond motifs is 1. The van der Waals surface area contributed by atoms with E-state index in [0.717, 1.165) is 41.7 Å². The van der Waals surface area contributed by atoms with Gasteiger partial charge in [-0.2, -0.15) is 0 Å². The molecule has 2 heterocycles. The Balaban J connectivity index is 1.93. The second kappa shape index (κ2) is 11.3. The monoisotopic (exact) mass is 498 g/mol. The number of benzene rings is 1. The minimum absolute atomic E-state index is 0.0520.